The van der Waals surface area contributed by atoms with Crippen molar-refractivity contribution in [1.29, 1.82) is 0 Å². The first-order valence-electron chi connectivity index (χ1n) is 10.7. The number of carbonyl (C=O) groups excluding carboxylic acids is 1. The average Bonchev–Trinajstić information content (AvgIpc) is 3.07. The van der Waals surface area contributed by atoms with Crippen LogP contribution in [0.3, 0.4) is 0 Å². The maximum atomic E-state index is 13.6. The second-order valence-electron chi connectivity index (χ2n) is 7.94. The molecule has 1 fully saturated rings. The SMILES string of the molecule is COC(=O)CCCCCC[C@@H]1[C@@H](CCC(O)C#Cc2ccccc2F)CC[C@@H]1O. The lowest BCUT2D eigenvalue weighted by molar-refractivity contribution is -0.140. The standard InChI is InChI=1S/C24H33FO4/c1-29-24(28)11-5-3-2-4-9-21-18(14-17-23(21)27)12-15-20(26)16-13-19-8-6-7-10-22(19)25/h6-8,10,18,20-21,23,26-27H,2-5,9,11-12,14-15,17H2,1H3/t18-,20?,21+,23-/m0/s1. The number of benzene rings is 1. The summed E-state index contributed by atoms with van der Waals surface area (Å²) in [6, 6.07) is 6.29. The van der Waals surface area contributed by atoms with Gasteiger partial charge in [0.1, 0.15) is 11.9 Å². The van der Waals surface area contributed by atoms with Gasteiger partial charge in [-0.25, -0.2) is 4.39 Å². The number of rotatable bonds is 10. The van der Waals surface area contributed by atoms with Gasteiger partial charge in [-0.15, -0.1) is 0 Å². The number of aliphatic hydroxyl groups excluding tert-OH is 2. The van der Waals surface area contributed by atoms with E-state index in [0.29, 0.717) is 24.3 Å². The Hall–Kier alpha value is -1.90. The fourth-order valence-electron chi connectivity index (χ4n) is 4.19. The normalized spacial score (nSPS) is 22.0. The van der Waals surface area contributed by atoms with E-state index in [9.17, 15) is 19.4 Å². The molecular weight excluding hydrogens is 371 g/mol. The summed E-state index contributed by atoms with van der Waals surface area (Å²) in [5, 5.41) is 20.5. The summed E-state index contributed by atoms with van der Waals surface area (Å²) in [7, 11) is 1.41. The van der Waals surface area contributed by atoms with Crippen molar-refractivity contribution in [1.82, 2.24) is 0 Å². The predicted molar refractivity (Wildman–Crippen MR) is 110 cm³/mol. The van der Waals surface area contributed by atoms with E-state index in [-0.39, 0.29) is 23.8 Å². The molecule has 1 saturated carbocycles. The topological polar surface area (TPSA) is 66.8 Å². The van der Waals surface area contributed by atoms with Gasteiger partial charge in [-0.2, -0.15) is 0 Å². The quantitative estimate of drug-likeness (QED) is 0.348. The monoisotopic (exact) mass is 404 g/mol. The van der Waals surface area contributed by atoms with Crippen LogP contribution in [0.1, 0.15) is 69.8 Å². The van der Waals surface area contributed by atoms with Crippen LogP contribution >= 0.6 is 0 Å². The number of aliphatic hydroxyl groups is 2. The van der Waals surface area contributed by atoms with Crippen molar-refractivity contribution in [3.8, 4) is 11.8 Å². The van der Waals surface area contributed by atoms with Gasteiger partial charge in [0.05, 0.1) is 18.8 Å². The van der Waals surface area contributed by atoms with Crippen molar-refractivity contribution >= 4 is 5.97 Å². The van der Waals surface area contributed by atoms with Gasteiger partial charge in [0, 0.05) is 6.42 Å². The van der Waals surface area contributed by atoms with Crippen LogP contribution in [0.15, 0.2) is 24.3 Å². The molecule has 0 heterocycles. The smallest absolute Gasteiger partial charge is 0.305 e. The molecule has 2 rings (SSSR count). The molecule has 1 aliphatic rings. The molecule has 1 aromatic carbocycles. The first kappa shape index (κ1) is 23.4. The molecule has 4 atom stereocenters. The Morgan fingerprint density at radius 3 is 2.72 bits per heavy atom. The number of hydrogen-bond acceptors (Lipinski definition) is 4. The third-order valence-electron chi connectivity index (χ3n) is 5.89. The number of unbranched alkanes of at least 4 members (excludes halogenated alkanes) is 3. The van der Waals surface area contributed by atoms with Crippen molar-refractivity contribution in [3.63, 3.8) is 0 Å². The molecule has 1 unspecified atom stereocenters. The molecule has 0 spiro atoms. The highest BCUT2D eigenvalue weighted by atomic mass is 19.1. The molecule has 5 heteroatoms. The number of halogens is 1. The number of hydrogen-bond donors (Lipinski definition) is 2. The maximum absolute atomic E-state index is 13.6. The van der Waals surface area contributed by atoms with Crippen molar-refractivity contribution in [2.75, 3.05) is 7.11 Å². The molecular formula is C24H33FO4. The first-order valence-corrected chi connectivity index (χ1v) is 10.7. The van der Waals surface area contributed by atoms with Gasteiger partial charge in [0.25, 0.3) is 0 Å². The van der Waals surface area contributed by atoms with Gasteiger partial charge in [-0.05, 0) is 62.5 Å². The van der Waals surface area contributed by atoms with Gasteiger partial charge < -0.3 is 14.9 Å². The summed E-state index contributed by atoms with van der Waals surface area (Å²) in [5.41, 5.74) is 0.299. The molecule has 0 amide bonds. The molecule has 1 aliphatic carbocycles. The van der Waals surface area contributed by atoms with Crippen LogP contribution in [-0.4, -0.2) is 35.5 Å². The second kappa shape index (κ2) is 12.6. The van der Waals surface area contributed by atoms with Crippen LogP contribution in [0.4, 0.5) is 4.39 Å². The summed E-state index contributed by atoms with van der Waals surface area (Å²) in [4.78, 5) is 11.1. The van der Waals surface area contributed by atoms with Crippen molar-refractivity contribution in [2.45, 2.75) is 76.4 Å². The Morgan fingerprint density at radius 1 is 1.21 bits per heavy atom. The molecule has 0 bridgehead atoms. The van der Waals surface area contributed by atoms with Gasteiger partial charge in [0.15, 0.2) is 0 Å². The van der Waals surface area contributed by atoms with E-state index < -0.39 is 6.10 Å². The van der Waals surface area contributed by atoms with E-state index in [2.05, 4.69) is 16.6 Å². The predicted octanol–water partition coefficient (Wildman–Crippen LogP) is 4.22. The van der Waals surface area contributed by atoms with Crippen LogP contribution in [0.25, 0.3) is 0 Å². The molecule has 4 nitrogen and oxygen atoms in total. The minimum Gasteiger partial charge on any atom is -0.469 e. The van der Waals surface area contributed by atoms with Gasteiger partial charge in [0.2, 0.25) is 0 Å². The Morgan fingerprint density at radius 2 is 1.97 bits per heavy atom. The van der Waals surface area contributed by atoms with Gasteiger partial charge in [-0.3, -0.25) is 4.79 Å². The molecule has 160 valence electrons. The van der Waals surface area contributed by atoms with Crippen molar-refractivity contribution < 1.29 is 24.1 Å². The zero-order chi connectivity index (χ0) is 21.1. The summed E-state index contributed by atoms with van der Waals surface area (Å²) < 4.78 is 18.2. The second-order valence-corrected chi connectivity index (χ2v) is 7.94. The Labute approximate surface area is 173 Å². The third kappa shape index (κ3) is 8.16. The van der Waals surface area contributed by atoms with E-state index in [1.165, 1.54) is 13.2 Å². The lowest BCUT2D eigenvalue weighted by Gasteiger charge is -2.22. The summed E-state index contributed by atoms with van der Waals surface area (Å²) >= 11 is 0. The zero-order valence-electron chi connectivity index (χ0n) is 17.3. The van der Waals surface area contributed by atoms with E-state index in [1.54, 1.807) is 18.2 Å². The Kier molecular flexibility index (Phi) is 10.2. The minimum atomic E-state index is -0.786. The highest BCUT2D eigenvalue weighted by Gasteiger charge is 2.34. The molecule has 0 radical (unpaired) electrons. The number of ether oxygens (including phenoxy) is 1. The highest BCUT2D eigenvalue weighted by Crippen LogP contribution is 2.38. The molecule has 1 aromatic rings. The molecule has 29 heavy (non-hydrogen) atoms. The molecule has 0 aromatic heterocycles. The van der Waals surface area contributed by atoms with E-state index >= 15 is 0 Å². The van der Waals surface area contributed by atoms with E-state index in [4.69, 9.17) is 0 Å². The van der Waals surface area contributed by atoms with Crippen LogP contribution < -0.4 is 0 Å². The van der Waals surface area contributed by atoms with Crippen LogP contribution in [0, 0.1) is 29.5 Å². The Balaban J connectivity index is 1.71. The summed E-state index contributed by atoms with van der Waals surface area (Å²) in [6.45, 7) is 0. The maximum Gasteiger partial charge on any atom is 0.305 e. The largest absolute Gasteiger partial charge is 0.469 e. The molecule has 2 N–H and O–H groups in total. The van der Waals surface area contributed by atoms with E-state index in [1.807, 2.05) is 0 Å². The van der Waals surface area contributed by atoms with Crippen molar-refractivity contribution in [3.05, 3.63) is 35.6 Å². The Bertz CT molecular complexity index is 694. The fourth-order valence-corrected chi connectivity index (χ4v) is 4.19. The lowest BCUT2D eigenvalue weighted by atomic mass is 9.85. The third-order valence-corrected chi connectivity index (χ3v) is 5.89. The van der Waals surface area contributed by atoms with Gasteiger partial charge in [-0.1, -0.05) is 43.2 Å². The van der Waals surface area contributed by atoms with Crippen LogP contribution in [0.5, 0.6) is 0 Å². The minimum absolute atomic E-state index is 0.159. The van der Waals surface area contributed by atoms with Crippen LogP contribution in [0.2, 0.25) is 0 Å². The zero-order valence-corrected chi connectivity index (χ0v) is 17.3. The highest BCUT2D eigenvalue weighted by molar-refractivity contribution is 5.68. The van der Waals surface area contributed by atoms with E-state index in [0.717, 1.165) is 51.4 Å². The summed E-state index contributed by atoms with van der Waals surface area (Å²) in [5.74, 6) is 5.58. The lowest BCUT2D eigenvalue weighted by Crippen LogP contribution is -2.20. The first-order chi connectivity index (χ1) is 14.0. The fraction of sp³-hybridized carbons (Fsp3) is 0.625. The number of carbonyl (C=O) groups is 1. The average molecular weight is 405 g/mol. The molecule has 0 saturated heterocycles. The number of esters is 1. The number of methoxy groups -OCH3 is 1. The molecule has 0 aliphatic heterocycles. The van der Waals surface area contributed by atoms with Crippen molar-refractivity contribution in [2.24, 2.45) is 11.8 Å². The van der Waals surface area contributed by atoms with Gasteiger partial charge >= 0.3 is 5.97 Å². The summed E-state index contributed by atoms with van der Waals surface area (Å²) in [6.07, 6.45) is 7.45. The van der Waals surface area contributed by atoms with Crippen LogP contribution in [-0.2, 0) is 9.53 Å².